The number of aryl methyl sites for hydroxylation is 3. The van der Waals surface area contributed by atoms with Crippen molar-refractivity contribution >= 4 is 21.7 Å². The second-order valence-corrected chi connectivity index (χ2v) is 12.5. The lowest BCUT2D eigenvalue weighted by atomic mass is 10.1. The van der Waals surface area contributed by atoms with Crippen molar-refractivity contribution < 1.29 is 54.0 Å². The number of pyridine rings is 1. The van der Waals surface area contributed by atoms with Crippen LogP contribution in [0.4, 0.5) is 26.3 Å². The van der Waals surface area contributed by atoms with E-state index in [9.17, 15) is 44.3 Å². The van der Waals surface area contributed by atoms with Crippen molar-refractivity contribution in [2.45, 2.75) is 51.0 Å². The number of carboxylic acid groups (broad SMARTS) is 1. The largest absolute Gasteiger partial charge is 0.490 e. The normalized spacial score (nSPS) is 12.0. The van der Waals surface area contributed by atoms with Crippen LogP contribution in [0.1, 0.15) is 44.2 Å². The van der Waals surface area contributed by atoms with Crippen LogP contribution in [0.2, 0.25) is 0 Å². The van der Waals surface area contributed by atoms with Crippen LogP contribution in [0.25, 0.3) is 5.69 Å². The van der Waals surface area contributed by atoms with Crippen LogP contribution in [0.3, 0.4) is 0 Å². The molecule has 4 aromatic rings. The van der Waals surface area contributed by atoms with Crippen molar-refractivity contribution in [3.8, 4) is 5.69 Å². The third-order valence-corrected chi connectivity index (χ3v) is 8.54. The van der Waals surface area contributed by atoms with Crippen molar-refractivity contribution in [1.82, 2.24) is 15.0 Å². The Kier molecular flexibility index (Phi) is 12.0. The van der Waals surface area contributed by atoms with Gasteiger partial charge < -0.3 is 14.9 Å². The third kappa shape index (κ3) is 10.2. The molecule has 0 fully saturated rings. The van der Waals surface area contributed by atoms with Gasteiger partial charge in [0.25, 0.3) is 11.5 Å². The van der Waals surface area contributed by atoms with E-state index >= 15 is 0 Å². The highest BCUT2D eigenvalue weighted by atomic mass is 32.2. The lowest BCUT2D eigenvalue weighted by Crippen LogP contribution is -2.33. The van der Waals surface area contributed by atoms with Gasteiger partial charge in [0.2, 0.25) is 0 Å². The van der Waals surface area contributed by atoms with E-state index in [1.54, 1.807) is 38.1 Å². The van der Waals surface area contributed by atoms with Crippen molar-refractivity contribution in [2.75, 3.05) is 5.75 Å². The van der Waals surface area contributed by atoms with E-state index < -0.39 is 45.2 Å². The summed E-state index contributed by atoms with van der Waals surface area (Å²) in [5.74, 6) is -2.99. The molecule has 2 N–H and O–H groups in total. The predicted molar refractivity (Wildman–Crippen MR) is 164 cm³/mol. The minimum atomic E-state index is -5.08. The first-order chi connectivity index (χ1) is 22.7. The van der Waals surface area contributed by atoms with Gasteiger partial charge in [-0.25, -0.2) is 13.2 Å². The summed E-state index contributed by atoms with van der Waals surface area (Å²) in [6.45, 7) is 5.15. The lowest BCUT2D eigenvalue weighted by molar-refractivity contribution is -0.192. The number of rotatable bonds is 9. The zero-order valence-electron chi connectivity index (χ0n) is 26.0. The molecule has 17 heteroatoms. The van der Waals surface area contributed by atoms with E-state index in [0.29, 0.717) is 23.4 Å². The maximum absolute atomic E-state index is 13.2. The fraction of sp³-hybridized carbons (Fsp3) is 0.250. The molecule has 0 atom stereocenters. The second-order valence-electron chi connectivity index (χ2n) is 10.5. The molecule has 0 spiro atoms. The van der Waals surface area contributed by atoms with E-state index in [0.717, 1.165) is 28.0 Å². The number of carbonyl (C=O) groups excluding carboxylic acids is 1. The smallest absolute Gasteiger partial charge is 0.475 e. The molecule has 0 bridgehead atoms. The molecule has 2 aromatic heterocycles. The molecule has 0 saturated heterocycles. The number of carbonyl (C=O) groups is 2. The van der Waals surface area contributed by atoms with Gasteiger partial charge in [-0.05, 0) is 75.2 Å². The molecular formula is C32H29F6N3O7S. The molecule has 0 radical (unpaired) electrons. The molecule has 0 aliphatic carbocycles. The van der Waals surface area contributed by atoms with Gasteiger partial charge in [-0.1, -0.05) is 35.5 Å². The zero-order chi connectivity index (χ0) is 36.7. The minimum Gasteiger partial charge on any atom is -0.475 e. The van der Waals surface area contributed by atoms with Crippen LogP contribution >= 0.6 is 0 Å². The summed E-state index contributed by atoms with van der Waals surface area (Å²) in [6, 6.07) is 13.1. The number of carboxylic acids is 1. The molecule has 2 aromatic carbocycles. The number of benzene rings is 2. The van der Waals surface area contributed by atoms with Crippen molar-refractivity contribution in [3.63, 3.8) is 0 Å². The fourth-order valence-electron chi connectivity index (χ4n) is 4.32. The summed E-state index contributed by atoms with van der Waals surface area (Å²) in [5, 5.41) is 13.6. The highest BCUT2D eigenvalue weighted by Gasteiger charge is 2.38. The summed E-state index contributed by atoms with van der Waals surface area (Å²) >= 11 is 0. The predicted octanol–water partition coefficient (Wildman–Crippen LogP) is 5.91. The Morgan fingerprint density at radius 3 is 2.14 bits per heavy atom. The first-order valence-corrected chi connectivity index (χ1v) is 15.7. The van der Waals surface area contributed by atoms with Crippen LogP contribution in [-0.2, 0) is 33.8 Å². The molecule has 10 nitrogen and oxygen atoms in total. The topological polar surface area (TPSA) is 149 Å². The average Bonchev–Trinajstić information content (AvgIpc) is 3.34. The molecule has 2 heterocycles. The maximum Gasteiger partial charge on any atom is 0.490 e. The van der Waals surface area contributed by atoms with Crippen LogP contribution in [-0.4, -0.2) is 47.1 Å². The van der Waals surface area contributed by atoms with Gasteiger partial charge in [-0.15, -0.1) is 0 Å². The molecule has 0 aliphatic heterocycles. The van der Waals surface area contributed by atoms with Crippen molar-refractivity contribution in [2.24, 2.45) is 0 Å². The van der Waals surface area contributed by atoms with E-state index in [4.69, 9.17) is 14.4 Å². The Morgan fingerprint density at radius 2 is 1.59 bits per heavy atom. The number of aliphatic carboxylic acids is 1. The van der Waals surface area contributed by atoms with Crippen LogP contribution < -0.4 is 10.9 Å². The second kappa shape index (κ2) is 15.4. The van der Waals surface area contributed by atoms with Gasteiger partial charge in [0.05, 0.1) is 21.9 Å². The zero-order valence-corrected chi connectivity index (χ0v) is 26.8. The Bertz CT molecular complexity index is 1990. The number of nitrogens with one attached hydrogen (secondary N) is 1. The van der Waals surface area contributed by atoms with Gasteiger partial charge >= 0.3 is 18.3 Å². The molecule has 262 valence electrons. The Labute approximate surface area is 275 Å². The van der Waals surface area contributed by atoms with Crippen molar-refractivity contribution in [3.05, 3.63) is 123 Å². The number of halogens is 6. The highest BCUT2D eigenvalue weighted by molar-refractivity contribution is 7.91. The van der Waals surface area contributed by atoms with Crippen LogP contribution in [0, 0.1) is 20.8 Å². The number of hydrogen-bond donors (Lipinski definition) is 2. The number of sulfone groups is 1. The van der Waals surface area contributed by atoms with E-state index in [1.807, 2.05) is 6.92 Å². The number of amides is 1. The molecule has 0 saturated carbocycles. The Morgan fingerprint density at radius 1 is 0.959 bits per heavy atom. The number of nitrogens with zero attached hydrogens (tertiary/aromatic N) is 2. The SMILES string of the molecule is Cc1noc(C)c1CC=CCS(=O)(=O)c1ccc(CNC(=O)c2ccc(C)n(-c3cccc(C(F)(F)F)c3)c2=O)cc1.O=C(O)C(F)(F)F. The summed E-state index contributed by atoms with van der Waals surface area (Å²) in [4.78, 5) is 35.0. The molecule has 49 heavy (non-hydrogen) atoms. The highest BCUT2D eigenvalue weighted by Crippen LogP contribution is 2.30. The first kappa shape index (κ1) is 38.3. The van der Waals surface area contributed by atoms with Gasteiger partial charge in [0.15, 0.2) is 9.84 Å². The number of aromatic nitrogens is 2. The maximum atomic E-state index is 13.2. The van der Waals surface area contributed by atoms with Gasteiger partial charge in [-0.3, -0.25) is 14.2 Å². The minimum absolute atomic E-state index is 0.00657. The van der Waals surface area contributed by atoms with E-state index in [2.05, 4.69) is 10.5 Å². The van der Waals surface area contributed by atoms with Gasteiger partial charge in [0, 0.05) is 23.5 Å². The van der Waals surface area contributed by atoms with E-state index in [-0.39, 0.29) is 28.4 Å². The number of allylic oxidation sites excluding steroid dienone is 1. The molecule has 1 amide bonds. The lowest BCUT2D eigenvalue weighted by Gasteiger charge is -2.14. The Hall–Kier alpha value is -5.19. The third-order valence-electron chi connectivity index (χ3n) is 6.92. The molecular weight excluding hydrogens is 684 g/mol. The summed E-state index contributed by atoms with van der Waals surface area (Å²) in [7, 11) is -3.59. The molecule has 0 aliphatic rings. The number of alkyl halides is 6. The quantitative estimate of drug-likeness (QED) is 0.161. The van der Waals surface area contributed by atoms with Crippen molar-refractivity contribution in [1.29, 1.82) is 0 Å². The van der Waals surface area contributed by atoms with Crippen LogP contribution in [0.15, 0.2) is 87.0 Å². The fourth-order valence-corrected chi connectivity index (χ4v) is 5.46. The number of hydrogen-bond acceptors (Lipinski definition) is 7. The summed E-state index contributed by atoms with van der Waals surface area (Å²) < 4.78 is 103. The first-order valence-electron chi connectivity index (χ1n) is 14.1. The van der Waals surface area contributed by atoms with E-state index in [1.165, 1.54) is 36.4 Å². The summed E-state index contributed by atoms with van der Waals surface area (Å²) in [5.41, 5.74) is 0.655. The summed E-state index contributed by atoms with van der Waals surface area (Å²) in [6.07, 6.45) is -5.85. The van der Waals surface area contributed by atoms with Gasteiger partial charge in [-0.2, -0.15) is 26.3 Å². The molecule has 4 rings (SSSR count). The Balaban J connectivity index is 0.000000838. The standard InChI is InChI=1S/C30H28F3N3O5S.C2HF3O2/c1-19-10-15-27(29(38)36(19)24-8-6-7-23(17-24)30(31,32)33)28(37)34-18-22-11-13-25(14-12-22)42(39,40)16-5-4-9-26-20(2)35-41-21(26)3;3-2(4,5)1(6)7/h4-8,10-15,17H,9,16,18H2,1-3H3,(H,34,37);(H,6,7). The van der Waals surface area contributed by atoms with Crippen LogP contribution in [0.5, 0.6) is 0 Å². The van der Waals surface area contributed by atoms with Gasteiger partial charge in [0.1, 0.15) is 11.3 Å². The molecule has 0 unspecified atom stereocenters. The average molecular weight is 714 g/mol. The monoisotopic (exact) mass is 713 g/mol.